The van der Waals surface area contributed by atoms with Crippen LogP contribution in [0.25, 0.3) is 0 Å². The molecule has 1 aliphatic rings. The lowest BCUT2D eigenvalue weighted by Crippen LogP contribution is -2.49. The quantitative estimate of drug-likeness (QED) is 0.655. The first-order chi connectivity index (χ1) is 12.9. The van der Waals surface area contributed by atoms with Gasteiger partial charge >= 0.3 is 5.69 Å². The molecule has 2 aromatic carbocycles. The Bertz CT molecular complexity index is 949. The van der Waals surface area contributed by atoms with E-state index < -0.39 is 28.1 Å². The summed E-state index contributed by atoms with van der Waals surface area (Å²) in [5.74, 6) is -1.49. The van der Waals surface area contributed by atoms with Gasteiger partial charge in [-0.1, -0.05) is 6.07 Å². The highest BCUT2D eigenvalue weighted by Gasteiger charge is 2.26. The number of benzene rings is 2. The van der Waals surface area contributed by atoms with Crippen LogP contribution in [-0.2, 0) is 0 Å². The van der Waals surface area contributed by atoms with Crippen LogP contribution in [0.2, 0.25) is 0 Å². The highest BCUT2D eigenvalue weighted by Crippen LogP contribution is 2.28. The molecule has 2 aromatic rings. The third-order valence-corrected chi connectivity index (χ3v) is 4.43. The topological polar surface area (TPSA) is 111 Å². The van der Waals surface area contributed by atoms with Crippen molar-refractivity contribution in [2.24, 2.45) is 0 Å². The number of rotatable bonds is 3. The SMILES string of the molecule is N#Cc1c(F)cccc1N1CCN(C(=O)c2ccc(O)c([N+](=O)[O-])c2)CC1. The van der Waals surface area contributed by atoms with Crippen molar-refractivity contribution in [2.45, 2.75) is 0 Å². The van der Waals surface area contributed by atoms with Crippen LogP contribution in [0.5, 0.6) is 5.75 Å². The summed E-state index contributed by atoms with van der Waals surface area (Å²) in [4.78, 5) is 26.1. The molecular weight excluding hydrogens is 355 g/mol. The minimum atomic E-state index is -0.753. The summed E-state index contributed by atoms with van der Waals surface area (Å²) in [6.07, 6.45) is 0. The van der Waals surface area contributed by atoms with Gasteiger partial charge in [-0.15, -0.1) is 0 Å². The Labute approximate surface area is 153 Å². The van der Waals surface area contributed by atoms with Crippen LogP contribution in [-0.4, -0.2) is 47.0 Å². The maximum Gasteiger partial charge on any atom is 0.311 e. The fraction of sp³-hybridized carbons (Fsp3) is 0.222. The molecule has 0 spiro atoms. The Morgan fingerprint density at radius 1 is 1.22 bits per heavy atom. The van der Waals surface area contributed by atoms with Crippen LogP contribution in [0, 0.1) is 27.3 Å². The van der Waals surface area contributed by atoms with Crippen molar-refractivity contribution >= 4 is 17.3 Å². The zero-order valence-electron chi connectivity index (χ0n) is 14.1. The lowest BCUT2D eigenvalue weighted by molar-refractivity contribution is -0.385. The molecule has 0 saturated carbocycles. The number of halogens is 1. The Kier molecular flexibility index (Phi) is 4.90. The maximum atomic E-state index is 13.8. The molecule has 0 unspecified atom stereocenters. The summed E-state index contributed by atoms with van der Waals surface area (Å²) < 4.78 is 13.8. The number of phenolic OH excluding ortho intramolecular Hbond substituents is 1. The monoisotopic (exact) mass is 370 g/mol. The number of piperazine rings is 1. The molecule has 0 aliphatic carbocycles. The third kappa shape index (κ3) is 3.50. The second kappa shape index (κ2) is 7.29. The Morgan fingerprint density at radius 2 is 1.93 bits per heavy atom. The molecule has 1 aliphatic heterocycles. The molecule has 27 heavy (non-hydrogen) atoms. The van der Waals surface area contributed by atoms with E-state index in [0.29, 0.717) is 31.9 Å². The molecule has 1 amide bonds. The molecular formula is C18H15FN4O4. The summed E-state index contributed by atoms with van der Waals surface area (Å²) >= 11 is 0. The zero-order chi connectivity index (χ0) is 19.6. The Hall–Kier alpha value is -3.67. The van der Waals surface area contributed by atoms with Gasteiger partial charge in [0.15, 0.2) is 5.75 Å². The van der Waals surface area contributed by atoms with Crippen molar-refractivity contribution in [3.05, 3.63) is 63.5 Å². The second-order valence-corrected chi connectivity index (χ2v) is 5.99. The van der Waals surface area contributed by atoms with Crippen LogP contribution in [0.1, 0.15) is 15.9 Å². The average Bonchev–Trinajstić information content (AvgIpc) is 2.67. The largest absolute Gasteiger partial charge is 0.502 e. The minimum absolute atomic E-state index is 0.0357. The molecule has 9 heteroatoms. The van der Waals surface area contributed by atoms with E-state index in [1.54, 1.807) is 6.07 Å². The number of phenols is 1. The molecule has 1 saturated heterocycles. The molecule has 138 valence electrons. The van der Waals surface area contributed by atoms with Crippen LogP contribution in [0.15, 0.2) is 36.4 Å². The number of carbonyl (C=O) groups is 1. The molecule has 1 fully saturated rings. The number of nitro benzene ring substituents is 1. The van der Waals surface area contributed by atoms with Gasteiger partial charge in [-0.25, -0.2) is 4.39 Å². The van der Waals surface area contributed by atoms with Gasteiger partial charge in [-0.05, 0) is 24.3 Å². The number of nitro groups is 1. The van der Waals surface area contributed by atoms with Gasteiger partial charge < -0.3 is 14.9 Å². The first kappa shape index (κ1) is 18.1. The van der Waals surface area contributed by atoms with Crippen molar-refractivity contribution in [1.82, 2.24) is 4.90 Å². The van der Waals surface area contributed by atoms with Crippen LogP contribution in [0.4, 0.5) is 15.8 Å². The molecule has 0 atom stereocenters. The van der Waals surface area contributed by atoms with Gasteiger partial charge in [0.05, 0.1) is 10.6 Å². The van der Waals surface area contributed by atoms with Crippen LogP contribution in [0.3, 0.4) is 0 Å². The number of nitrogens with zero attached hydrogens (tertiary/aromatic N) is 4. The molecule has 8 nitrogen and oxygen atoms in total. The summed E-state index contributed by atoms with van der Waals surface area (Å²) in [6, 6.07) is 9.76. The number of hydrogen-bond donors (Lipinski definition) is 1. The molecule has 1 N–H and O–H groups in total. The molecule has 0 radical (unpaired) electrons. The fourth-order valence-corrected chi connectivity index (χ4v) is 3.02. The summed E-state index contributed by atoms with van der Waals surface area (Å²) in [5, 5.41) is 29.6. The van der Waals surface area contributed by atoms with Crippen molar-refractivity contribution < 1.29 is 19.2 Å². The van der Waals surface area contributed by atoms with Crippen LogP contribution >= 0.6 is 0 Å². The molecule has 0 aromatic heterocycles. The lowest BCUT2D eigenvalue weighted by atomic mass is 10.1. The summed E-state index contributed by atoms with van der Waals surface area (Å²) in [6.45, 7) is 1.41. The Morgan fingerprint density at radius 3 is 2.56 bits per heavy atom. The smallest absolute Gasteiger partial charge is 0.311 e. The standard InChI is InChI=1S/C18H15FN4O4/c19-14-2-1-3-15(13(14)11-20)21-6-8-22(9-7-21)18(25)12-4-5-17(24)16(10-12)23(26)27/h1-5,10,24H,6-9H2. The lowest BCUT2D eigenvalue weighted by Gasteiger charge is -2.36. The number of nitriles is 1. The molecule has 3 rings (SSSR count). The van der Waals surface area contributed by atoms with E-state index in [2.05, 4.69) is 0 Å². The van der Waals surface area contributed by atoms with E-state index in [9.17, 15) is 24.4 Å². The zero-order valence-corrected chi connectivity index (χ0v) is 14.1. The van der Waals surface area contributed by atoms with E-state index in [0.717, 1.165) is 12.1 Å². The predicted molar refractivity (Wildman–Crippen MR) is 94.0 cm³/mol. The maximum absolute atomic E-state index is 13.8. The van der Waals surface area contributed by atoms with Gasteiger partial charge in [0.25, 0.3) is 5.91 Å². The summed E-state index contributed by atoms with van der Waals surface area (Å²) in [7, 11) is 0. The number of hydrogen-bond acceptors (Lipinski definition) is 6. The van der Waals surface area contributed by atoms with E-state index >= 15 is 0 Å². The first-order valence-corrected chi connectivity index (χ1v) is 8.12. The van der Waals surface area contributed by atoms with Gasteiger partial charge in [0.2, 0.25) is 0 Å². The van der Waals surface area contributed by atoms with Gasteiger partial charge in [0, 0.05) is 37.8 Å². The number of aromatic hydroxyl groups is 1. The number of anilines is 1. The Balaban J connectivity index is 1.74. The first-order valence-electron chi connectivity index (χ1n) is 8.12. The third-order valence-electron chi connectivity index (χ3n) is 4.43. The predicted octanol–water partition coefficient (Wildman–Crippen LogP) is 2.27. The van der Waals surface area contributed by atoms with E-state index in [-0.39, 0.29) is 11.1 Å². The van der Waals surface area contributed by atoms with Crippen molar-refractivity contribution in [1.29, 1.82) is 5.26 Å². The average molecular weight is 370 g/mol. The van der Waals surface area contributed by atoms with Crippen molar-refractivity contribution in [3.8, 4) is 11.8 Å². The van der Waals surface area contributed by atoms with E-state index in [4.69, 9.17) is 5.26 Å². The number of amides is 1. The second-order valence-electron chi connectivity index (χ2n) is 5.99. The molecule has 0 bridgehead atoms. The minimum Gasteiger partial charge on any atom is -0.502 e. The van der Waals surface area contributed by atoms with Crippen molar-refractivity contribution in [2.75, 3.05) is 31.1 Å². The van der Waals surface area contributed by atoms with E-state index in [1.165, 1.54) is 23.1 Å². The van der Waals surface area contributed by atoms with Crippen molar-refractivity contribution in [3.63, 3.8) is 0 Å². The van der Waals surface area contributed by atoms with Gasteiger partial charge in [0.1, 0.15) is 17.4 Å². The normalized spacial score (nSPS) is 13.9. The van der Waals surface area contributed by atoms with Gasteiger partial charge in [-0.3, -0.25) is 14.9 Å². The van der Waals surface area contributed by atoms with E-state index in [1.807, 2.05) is 11.0 Å². The highest BCUT2D eigenvalue weighted by molar-refractivity contribution is 5.95. The van der Waals surface area contributed by atoms with Crippen LogP contribution < -0.4 is 4.90 Å². The number of carbonyl (C=O) groups excluding carboxylic acids is 1. The fourth-order valence-electron chi connectivity index (χ4n) is 3.02. The highest BCUT2D eigenvalue weighted by atomic mass is 19.1. The van der Waals surface area contributed by atoms with Gasteiger partial charge in [-0.2, -0.15) is 5.26 Å². The molecule has 1 heterocycles. The summed E-state index contributed by atoms with van der Waals surface area (Å²) in [5.41, 5.74) is 0.0191.